The van der Waals surface area contributed by atoms with Gasteiger partial charge in [0.05, 0.1) is 4.90 Å². The van der Waals surface area contributed by atoms with Gasteiger partial charge in [-0.1, -0.05) is 0 Å². The summed E-state index contributed by atoms with van der Waals surface area (Å²) in [6.07, 6.45) is 0. The number of benzene rings is 1. The predicted octanol–water partition coefficient (Wildman–Crippen LogP) is 1.16. The molecule has 6 heteroatoms. The van der Waals surface area contributed by atoms with Crippen LogP contribution in [0.5, 0.6) is 0 Å². The van der Waals surface area contributed by atoms with Crippen molar-refractivity contribution in [2.45, 2.75) is 4.90 Å². The van der Waals surface area contributed by atoms with Crippen molar-refractivity contribution in [2.24, 2.45) is 0 Å². The standard InChI is InChI=1S/C6H5IO3S.In/c7-5-1-3-6(4-2-5)11(8,9)10;/h1-4H,(H,8,9,10);. The molecule has 0 aliphatic carbocycles. The van der Waals surface area contributed by atoms with Crippen LogP contribution in [0.2, 0.25) is 0 Å². The van der Waals surface area contributed by atoms with Crippen molar-refractivity contribution < 1.29 is 13.0 Å². The zero-order valence-corrected chi connectivity index (χ0v) is 12.2. The van der Waals surface area contributed by atoms with Crippen LogP contribution >= 0.6 is 22.6 Å². The second-order valence-electron chi connectivity index (χ2n) is 1.93. The third-order valence-corrected chi connectivity index (χ3v) is 2.70. The van der Waals surface area contributed by atoms with Gasteiger partial charge in [-0.2, -0.15) is 8.42 Å². The molecule has 0 heterocycles. The Bertz CT molecular complexity index is 346. The second-order valence-corrected chi connectivity index (χ2v) is 4.60. The SMILES string of the molecule is O=S(=O)(O)c1ccc(I)cc1.[In]. The summed E-state index contributed by atoms with van der Waals surface area (Å²) in [5.74, 6) is 0. The van der Waals surface area contributed by atoms with Gasteiger partial charge in [-0.25, -0.2) is 0 Å². The van der Waals surface area contributed by atoms with Gasteiger partial charge in [0.1, 0.15) is 0 Å². The van der Waals surface area contributed by atoms with Crippen LogP contribution in [0.1, 0.15) is 0 Å². The smallest absolute Gasteiger partial charge is 0.282 e. The molecule has 1 rings (SSSR count). The summed E-state index contributed by atoms with van der Waals surface area (Å²) < 4.78 is 30.5. The number of hydrogen-bond acceptors (Lipinski definition) is 2. The monoisotopic (exact) mass is 399 g/mol. The molecule has 12 heavy (non-hydrogen) atoms. The van der Waals surface area contributed by atoms with E-state index in [1.54, 1.807) is 12.1 Å². The molecule has 3 nitrogen and oxygen atoms in total. The molecule has 0 saturated carbocycles. The Morgan fingerprint density at radius 1 is 1.17 bits per heavy atom. The van der Waals surface area contributed by atoms with E-state index < -0.39 is 10.1 Å². The molecule has 0 spiro atoms. The van der Waals surface area contributed by atoms with Gasteiger partial charge in [-0.15, -0.1) is 0 Å². The van der Waals surface area contributed by atoms with Gasteiger partial charge < -0.3 is 0 Å². The van der Waals surface area contributed by atoms with Crippen molar-refractivity contribution in [3.63, 3.8) is 0 Å². The maximum atomic E-state index is 10.5. The first-order chi connectivity index (χ1) is 5.00. The Labute approximate surface area is 103 Å². The van der Waals surface area contributed by atoms with E-state index in [-0.39, 0.29) is 30.7 Å². The van der Waals surface area contributed by atoms with E-state index in [9.17, 15) is 8.42 Å². The quantitative estimate of drug-likeness (QED) is 0.570. The van der Waals surface area contributed by atoms with Gasteiger partial charge in [-0.05, 0) is 46.9 Å². The third-order valence-electron chi connectivity index (χ3n) is 1.11. The first-order valence-corrected chi connectivity index (χ1v) is 5.25. The summed E-state index contributed by atoms with van der Waals surface area (Å²) in [4.78, 5) is -0.0714. The van der Waals surface area contributed by atoms with E-state index in [1.165, 1.54) is 12.1 Å². The topological polar surface area (TPSA) is 54.4 Å². The Morgan fingerprint density at radius 3 is 1.92 bits per heavy atom. The summed E-state index contributed by atoms with van der Waals surface area (Å²) in [5, 5.41) is 0. The molecule has 0 aliphatic rings. The van der Waals surface area contributed by atoms with E-state index in [4.69, 9.17) is 4.55 Å². The maximum Gasteiger partial charge on any atom is 0.294 e. The molecule has 0 fully saturated rings. The molecule has 0 atom stereocenters. The van der Waals surface area contributed by atoms with Crippen LogP contribution in [-0.2, 0) is 10.1 Å². The van der Waals surface area contributed by atoms with E-state index >= 15 is 0 Å². The Balaban J connectivity index is 0.00000121. The Kier molecular flexibility index (Phi) is 5.12. The number of rotatable bonds is 1. The molecule has 0 saturated heterocycles. The van der Waals surface area contributed by atoms with Crippen molar-refractivity contribution in [2.75, 3.05) is 0 Å². The van der Waals surface area contributed by atoms with Gasteiger partial charge in [0, 0.05) is 29.4 Å². The van der Waals surface area contributed by atoms with Crippen LogP contribution in [0.15, 0.2) is 29.2 Å². The fourth-order valence-corrected chi connectivity index (χ4v) is 1.45. The molecule has 0 aliphatic heterocycles. The third kappa shape index (κ3) is 3.63. The molecule has 0 unspecified atom stereocenters. The van der Waals surface area contributed by atoms with Gasteiger partial charge in [-0.3, -0.25) is 4.55 Å². The average Bonchev–Trinajstić information content (AvgIpc) is 1.86. The van der Waals surface area contributed by atoms with Crippen LogP contribution in [0.25, 0.3) is 0 Å². The fourth-order valence-electron chi connectivity index (χ4n) is 0.607. The first-order valence-electron chi connectivity index (χ1n) is 2.73. The minimum Gasteiger partial charge on any atom is -0.282 e. The van der Waals surface area contributed by atoms with Crippen molar-refractivity contribution in [1.29, 1.82) is 0 Å². The molecular weight excluding hydrogens is 394 g/mol. The fraction of sp³-hybridized carbons (Fsp3) is 0. The van der Waals surface area contributed by atoms with Crippen molar-refractivity contribution in [1.82, 2.24) is 0 Å². The molecule has 1 N–H and O–H groups in total. The van der Waals surface area contributed by atoms with Crippen LogP contribution in [0.4, 0.5) is 0 Å². The molecule has 0 aromatic heterocycles. The second kappa shape index (κ2) is 4.83. The van der Waals surface area contributed by atoms with Crippen molar-refractivity contribution in [3.05, 3.63) is 27.8 Å². The van der Waals surface area contributed by atoms with Crippen LogP contribution in [0, 0.1) is 3.57 Å². The zero-order valence-electron chi connectivity index (χ0n) is 5.94. The van der Waals surface area contributed by atoms with Gasteiger partial charge in [0.2, 0.25) is 0 Å². The number of hydrogen-bond donors (Lipinski definition) is 1. The molecular formula is C6H5IInO3S. The average molecular weight is 399 g/mol. The molecule has 0 amide bonds. The van der Waals surface area contributed by atoms with Crippen LogP contribution in [0.3, 0.4) is 0 Å². The first kappa shape index (κ1) is 12.7. The summed E-state index contributed by atoms with van der Waals surface area (Å²) in [5.41, 5.74) is 0. The molecule has 1 aromatic carbocycles. The van der Waals surface area contributed by atoms with Crippen molar-refractivity contribution >= 4 is 58.6 Å². The van der Waals surface area contributed by atoms with Gasteiger partial charge in [0.15, 0.2) is 0 Å². The molecule has 3 radical (unpaired) electrons. The largest absolute Gasteiger partial charge is 0.294 e. The van der Waals surface area contributed by atoms with Gasteiger partial charge >= 0.3 is 0 Å². The van der Waals surface area contributed by atoms with E-state index in [0.29, 0.717) is 0 Å². The summed E-state index contributed by atoms with van der Waals surface area (Å²) in [7, 11) is -4.02. The summed E-state index contributed by atoms with van der Waals surface area (Å²) in [6, 6.07) is 5.95. The van der Waals surface area contributed by atoms with E-state index in [2.05, 4.69) is 0 Å². The number of halogens is 1. The molecule has 63 valence electrons. The van der Waals surface area contributed by atoms with Crippen molar-refractivity contribution in [3.8, 4) is 0 Å². The van der Waals surface area contributed by atoms with E-state index in [0.717, 1.165) is 3.57 Å². The zero-order chi connectivity index (χ0) is 8.48. The van der Waals surface area contributed by atoms with Crippen LogP contribution in [-0.4, -0.2) is 38.8 Å². The normalized spacial score (nSPS) is 10.5. The molecule has 0 bridgehead atoms. The van der Waals surface area contributed by atoms with Gasteiger partial charge in [0.25, 0.3) is 10.1 Å². The maximum absolute atomic E-state index is 10.5. The summed E-state index contributed by atoms with van der Waals surface area (Å²) in [6.45, 7) is 0. The minimum atomic E-state index is -4.02. The molecule has 1 aromatic rings. The van der Waals surface area contributed by atoms with E-state index in [1.807, 2.05) is 22.6 Å². The predicted molar refractivity (Wildman–Crippen MR) is 54.7 cm³/mol. The Morgan fingerprint density at radius 2 is 1.58 bits per heavy atom. The minimum absolute atomic E-state index is 0. The Hall–Kier alpha value is 0.730. The summed E-state index contributed by atoms with van der Waals surface area (Å²) >= 11 is 2.05. The van der Waals surface area contributed by atoms with Crippen LogP contribution < -0.4 is 0 Å².